The summed E-state index contributed by atoms with van der Waals surface area (Å²) in [6.45, 7) is 5.43. The number of benzene rings is 1. The van der Waals surface area contributed by atoms with Gasteiger partial charge in [0.2, 0.25) is 5.91 Å². The molecule has 0 aliphatic heterocycles. The van der Waals surface area contributed by atoms with Gasteiger partial charge in [-0.05, 0) is 30.0 Å². The maximum Gasteiger partial charge on any atom is 0.223 e. The fourth-order valence-electron chi connectivity index (χ4n) is 2.20. The van der Waals surface area contributed by atoms with Gasteiger partial charge < -0.3 is 9.32 Å². The molecule has 0 unspecified atom stereocenters. The predicted octanol–water partition coefficient (Wildman–Crippen LogP) is 4.24. The van der Waals surface area contributed by atoms with Crippen molar-refractivity contribution in [1.82, 2.24) is 4.90 Å². The van der Waals surface area contributed by atoms with E-state index in [1.54, 1.807) is 6.26 Å². The average molecular weight is 285 g/mol. The molecule has 2 rings (SSSR count). The van der Waals surface area contributed by atoms with Crippen LogP contribution in [0.15, 0.2) is 53.1 Å². The van der Waals surface area contributed by atoms with Crippen LogP contribution in [0.25, 0.3) is 0 Å². The van der Waals surface area contributed by atoms with E-state index < -0.39 is 0 Å². The van der Waals surface area contributed by atoms with Gasteiger partial charge in [-0.25, -0.2) is 0 Å². The Morgan fingerprint density at radius 1 is 1.10 bits per heavy atom. The summed E-state index contributed by atoms with van der Waals surface area (Å²) < 4.78 is 5.38. The van der Waals surface area contributed by atoms with Gasteiger partial charge in [0.15, 0.2) is 0 Å². The zero-order chi connectivity index (χ0) is 15.1. The Morgan fingerprint density at radius 3 is 2.48 bits per heavy atom. The molecule has 0 aliphatic carbocycles. The third-order valence-electron chi connectivity index (χ3n) is 3.43. The summed E-state index contributed by atoms with van der Waals surface area (Å²) in [6, 6.07) is 13.8. The Labute approximate surface area is 126 Å². The molecular weight excluding hydrogens is 262 g/mol. The first kappa shape index (κ1) is 15.4. The van der Waals surface area contributed by atoms with Gasteiger partial charge in [-0.15, -0.1) is 0 Å². The van der Waals surface area contributed by atoms with E-state index in [9.17, 15) is 4.79 Å². The number of hydrogen-bond donors (Lipinski definition) is 0. The first-order chi connectivity index (χ1) is 10.1. The Balaban J connectivity index is 2.04. The van der Waals surface area contributed by atoms with Crippen LogP contribution in [0, 0.1) is 5.92 Å². The van der Waals surface area contributed by atoms with Crippen molar-refractivity contribution in [3.8, 4) is 0 Å². The summed E-state index contributed by atoms with van der Waals surface area (Å²) in [6.07, 6.45) is 3.15. The third-order valence-corrected chi connectivity index (χ3v) is 3.43. The molecule has 112 valence electrons. The molecule has 2 aromatic rings. The van der Waals surface area contributed by atoms with Gasteiger partial charge in [0.1, 0.15) is 5.76 Å². The minimum Gasteiger partial charge on any atom is -0.467 e. The lowest BCUT2D eigenvalue weighted by Gasteiger charge is -2.22. The fraction of sp³-hybridized carbons (Fsp3) is 0.389. The monoisotopic (exact) mass is 285 g/mol. The van der Waals surface area contributed by atoms with E-state index in [0.29, 0.717) is 25.4 Å². The van der Waals surface area contributed by atoms with Crippen LogP contribution in [-0.2, 0) is 17.9 Å². The second-order valence-corrected chi connectivity index (χ2v) is 5.75. The Bertz CT molecular complexity index is 532. The highest BCUT2D eigenvalue weighted by atomic mass is 16.3. The quantitative estimate of drug-likeness (QED) is 0.762. The third kappa shape index (κ3) is 5.10. The number of rotatable bonds is 7. The molecule has 0 fully saturated rings. The zero-order valence-corrected chi connectivity index (χ0v) is 12.8. The van der Waals surface area contributed by atoms with Crippen molar-refractivity contribution in [2.75, 3.05) is 0 Å². The number of amides is 1. The van der Waals surface area contributed by atoms with Crippen LogP contribution in [0.1, 0.15) is 38.0 Å². The van der Waals surface area contributed by atoms with E-state index in [0.717, 1.165) is 17.7 Å². The smallest absolute Gasteiger partial charge is 0.223 e. The molecule has 0 saturated heterocycles. The number of carbonyl (C=O) groups excluding carboxylic acids is 1. The molecule has 0 saturated carbocycles. The molecule has 1 amide bonds. The number of furan rings is 1. The molecule has 0 radical (unpaired) electrons. The van der Waals surface area contributed by atoms with Crippen molar-refractivity contribution in [1.29, 1.82) is 0 Å². The lowest BCUT2D eigenvalue weighted by atomic mass is 10.1. The van der Waals surface area contributed by atoms with E-state index in [1.807, 2.05) is 47.4 Å². The van der Waals surface area contributed by atoms with E-state index in [2.05, 4.69) is 13.8 Å². The Kier molecular flexibility index (Phi) is 5.61. The summed E-state index contributed by atoms with van der Waals surface area (Å²) in [4.78, 5) is 14.3. The lowest BCUT2D eigenvalue weighted by Crippen LogP contribution is -2.30. The van der Waals surface area contributed by atoms with Crippen LogP contribution >= 0.6 is 0 Å². The van der Waals surface area contributed by atoms with Crippen LogP contribution in [-0.4, -0.2) is 10.8 Å². The van der Waals surface area contributed by atoms with Crippen LogP contribution < -0.4 is 0 Å². The molecule has 0 bridgehead atoms. The van der Waals surface area contributed by atoms with Crippen LogP contribution in [0.3, 0.4) is 0 Å². The highest BCUT2D eigenvalue weighted by Gasteiger charge is 2.16. The first-order valence-electron chi connectivity index (χ1n) is 7.49. The normalized spacial score (nSPS) is 10.8. The van der Waals surface area contributed by atoms with Gasteiger partial charge in [0.05, 0.1) is 12.8 Å². The van der Waals surface area contributed by atoms with Gasteiger partial charge >= 0.3 is 0 Å². The van der Waals surface area contributed by atoms with Gasteiger partial charge in [-0.2, -0.15) is 0 Å². The van der Waals surface area contributed by atoms with Crippen molar-refractivity contribution in [2.24, 2.45) is 5.92 Å². The molecule has 1 aromatic heterocycles. The van der Waals surface area contributed by atoms with Gasteiger partial charge in [-0.3, -0.25) is 4.79 Å². The summed E-state index contributed by atoms with van der Waals surface area (Å²) in [7, 11) is 0. The molecule has 3 heteroatoms. The van der Waals surface area contributed by atoms with Gasteiger partial charge in [-0.1, -0.05) is 44.2 Å². The Hall–Kier alpha value is -2.03. The van der Waals surface area contributed by atoms with Crippen molar-refractivity contribution in [3.63, 3.8) is 0 Å². The first-order valence-corrected chi connectivity index (χ1v) is 7.49. The molecular formula is C18H23NO2. The maximum absolute atomic E-state index is 12.5. The molecule has 0 aliphatic rings. The zero-order valence-electron chi connectivity index (χ0n) is 12.8. The molecule has 1 heterocycles. The molecule has 0 spiro atoms. The topological polar surface area (TPSA) is 33.5 Å². The fourth-order valence-corrected chi connectivity index (χ4v) is 2.20. The summed E-state index contributed by atoms with van der Waals surface area (Å²) in [5.41, 5.74) is 1.14. The Morgan fingerprint density at radius 2 is 1.86 bits per heavy atom. The van der Waals surface area contributed by atoms with Crippen molar-refractivity contribution < 1.29 is 9.21 Å². The summed E-state index contributed by atoms with van der Waals surface area (Å²) in [5.74, 6) is 1.55. The van der Waals surface area contributed by atoms with E-state index in [4.69, 9.17) is 4.42 Å². The SMILES string of the molecule is CC(C)CCC(=O)N(Cc1ccccc1)Cc1ccco1. The minimum atomic E-state index is 0.184. The highest BCUT2D eigenvalue weighted by molar-refractivity contribution is 5.76. The number of hydrogen-bond acceptors (Lipinski definition) is 2. The van der Waals surface area contributed by atoms with Gasteiger partial charge in [0, 0.05) is 13.0 Å². The second-order valence-electron chi connectivity index (χ2n) is 5.75. The van der Waals surface area contributed by atoms with E-state index in [-0.39, 0.29) is 5.91 Å². The molecule has 0 atom stereocenters. The van der Waals surface area contributed by atoms with Crippen LogP contribution in [0.4, 0.5) is 0 Å². The molecule has 0 N–H and O–H groups in total. The standard InChI is InChI=1S/C18H23NO2/c1-15(2)10-11-18(20)19(14-17-9-6-12-21-17)13-16-7-4-3-5-8-16/h3-9,12,15H,10-11,13-14H2,1-2H3. The van der Waals surface area contributed by atoms with Crippen LogP contribution in [0.2, 0.25) is 0 Å². The minimum absolute atomic E-state index is 0.184. The predicted molar refractivity (Wildman–Crippen MR) is 83.5 cm³/mol. The van der Waals surface area contributed by atoms with Crippen molar-refractivity contribution >= 4 is 5.91 Å². The molecule has 21 heavy (non-hydrogen) atoms. The number of nitrogens with zero attached hydrogens (tertiary/aromatic N) is 1. The second kappa shape index (κ2) is 7.67. The average Bonchev–Trinajstić information content (AvgIpc) is 2.98. The highest BCUT2D eigenvalue weighted by Crippen LogP contribution is 2.14. The van der Waals surface area contributed by atoms with Crippen LogP contribution in [0.5, 0.6) is 0 Å². The van der Waals surface area contributed by atoms with Gasteiger partial charge in [0.25, 0.3) is 0 Å². The number of carbonyl (C=O) groups is 1. The molecule has 3 nitrogen and oxygen atoms in total. The largest absolute Gasteiger partial charge is 0.467 e. The summed E-state index contributed by atoms with van der Waals surface area (Å²) in [5, 5.41) is 0. The summed E-state index contributed by atoms with van der Waals surface area (Å²) >= 11 is 0. The van der Waals surface area contributed by atoms with Crippen molar-refractivity contribution in [2.45, 2.75) is 39.8 Å². The van der Waals surface area contributed by atoms with E-state index >= 15 is 0 Å². The molecule has 1 aromatic carbocycles. The van der Waals surface area contributed by atoms with Crippen molar-refractivity contribution in [3.05, 3.63) is 60.1 Å². The lowest BCUT2D eigenvalue weighted by molar-refractivity contribution is -0.133. The maximum atomic E-state index is 12.5. The van der Waals surface area contributed by atoms with E-state index in [1.165, 1.54) is 0 Å².